The Bertz CT molecular complexity index is 707. The molecule has 6 nitrogen and oxygen atoms in total. The summed E-state index contributed by atoms with van der Waals surface area (Å²) in [7, 11) is 1.94. The molecule has 20 heavy (non-hydrogen) atoms. The average molecular weight is 269 g/mol. The first-order valence-corrected chi connectivity index (χ1v) is 6.36. The Morgan fingerprint density at radius 1 is 1.20 bits per heavy atom. The van der Waals surface area contributed by atoms with Crippen molar-refractivity contribution in [2.45, 2.75) is 0 Å². The summed E-state index contributed by atoms with van der Waals surface area (Å²) >= 11 is 0. The molecule has 0 atom stereocenters. The van der Waals surface area contributed by atoms with E-state index >= 15 is 0 Å². The summed E-state index contributed by atoms with van der Waals surface area (Å²) in [4.78, 5) is 6.06. The van der Waals surface area contributed by atoms with Crippen LogP contribution in [0, 0.1) is 0 Å². The van der Waals surface area contributed by atoms with E-state index < -0.39 is 0 Å². The summed E-state index contributed by atoms with van der Waals surface area (Å²) in [5.74, 6) is 0.806. The number of oxazole rings is 1. The molecule has 0 saturated heterocycles. The smallest absolute Gasteiger partial charge is 0.181 e. The van der Waals surface area contributed by atoms with Gasteiger partial charge in [0.15, 0.2) is 17.8 Å². The minimum atomic E-state index is 0.585. The van der Waals surface area contributed by atoms with Crippen LogP contribution in [0.15, 0.2) is 41.1 Å². The molecule has 0 aliphatic rings. The van der Waals surface area contributed by atoms with Gasteiger partial charge in [-0.2, -0.15) is 0 Å². The maximum absolute atomic E-state index is 5.52. The van der Waals surface area contributed by atoms with Gasteiger partial charge in [0.05, 0.1) is 5.69 Å². The molecule has 0 spiro atoms. The van der Waals surface area contributed by atoms with E-state index in [0.717, 1.165) is 34.7 Å². The highest BCUT2D eigenvalue weighted by molar-refractivity contribution is 5.78. The fourth-order valence-corrected chi connectivity index (χ4v) is 2.01. The third-order valence-electron chi connectivity index (χ3n) is 3.13. The Kier molecular flexibility index (Phi) is 3.30. The van der Waals surface area contributed by atoms with Crippen molar-refractivity contribution in [2.24, 2.45) is 5.73 Å². The van der Waals surface area contributed by atoms with E-state index in [4.69, 9.17) is 10.2 Å². The van der Waals surface area contributed by atoms with Crippen molar-refractivity contribution >= 4 is 16.9 Å². The Balaban J connectivity index is 1.90. The Morgan fingerprint density at radius 2 is 2.10 bits per heavy atom. The zero-order valence-corrected chi connectivity index (χ0v) is 11.2. The molecule has 0 aliphatic heterocycles. The summed E-state index contributed by atoms with van der Waals surface area (Å²) in [5, 5.41) is 8.46. The lowest BCUT2D eigenvalue weighted by Crippen LogP contribution is -2.25. The lowest BCUT2D eigenvalue weighted by Gasteiger charge is -2.16. The number of anilines is 1. The molecule has 2 heterocycles. The molecule has 3 rings (SSSR count). The van der Waals surface area contributed by atoms with E-state index in [9.17, 15) is 0 Å². The fraction of sp³-hybridized carbons (Fsp3) is 0.214. The summed E-state index contributed by atoms with van der Waals surface area (Å²) in [6.45, 7) is 1.33. The van der Waals surface area contributed by atoms with Gasteiger partial charge in [0, 0.05) is 25.7 Å². The molecule has 0 unspecified atom stereocenters. The number of aromatic nitrogens is 3. The van der Waals surface area contributed by atoms with Crippen LogP contribution in [0.2, 0.25) is 0 Å². The maximum atomic E-state index is 5.52. The first-order valence-electron chi connectivity index (χ1n) is 6.36. The summed E-state index contributed by atoms with van der Waals surface area (Å²) in [5.41, 5.74) is 8.86. The summed E-state index contributed by atoms with van der Waals surface area (Å²) in [6, 6.07) is 9.65. The van der Waals surface area contributed by atoms with Gasteiger partial charge in [0.25, 0.3) is 0 Å². The van der Waals surface area contributed by atoms with Gasteiger partial charge in [-0.15, -0.1) is 10.2 Å². The second kappa shape index (κ2) is 5.26. The first kappa shape index (κ1) is 12.6. The van der Waals surface area contributed by atoms with Crippen LogP contribution in [0.4, 0.5) is 5.82 Å². The standard InChI is InChI=1S/C14H15N5O/c1-19(7-6-15)14-5-4-11(17-18-14)10-2-3-12-13(8-10)20-9-16-12/h2-5,8-9H,6-7,15H2,1H3. The molecular weight excluding hydrogens is 254 g/mol. The average Bonchev–Trinajstić information content (AvgIpc) is 2.95. The van der Waals surface area contributed by atoms with Gasteiger partial charge in [-0.3, -0.25) is 0 Å². The van der Waals surface area contributed by atoms with Crippen LogP contribution in [0.25, 0.3) is 22.4 Å². The van der Waals surface area contributed by atoms with E-state index in [1.807, 2.05) is 42.3 Å². The molecule has 6 heteroatoms. The highest BCUT2D eigenvalue weighted by atomic mass is 16.3. The topological polar surface area (TPSA) is 81.1 Å². The molecule has 0 amide bonds. The predicted molar refractivity (Wildman–Crippen MR) is 77.4 cm³/mol. The Morgan fingerprint density at radius 3 is 2.85 bits per heavy atom. The van der Waals surface area contributed by atoms with Crippen molar-refractivity contribution in [3.05, 3.63) is 36.7 Å². The van der Waals surface area contributed by atoms with Crippen molar-refractivity contribution in [2.75, 3.05) is 25.0 Å². The molecule has 0 aliphatic carbocycles. The van der Waals surface area contributed by atoms with Crippen LogP contribution in [-0.2, 0) is 0 Å². The molecule has 0 radical (unpaired) electrons. The number of fused-ring (bicyclic) bond motifs is 1. The molecule has 2 aromatic heterocycles. The molecular formula is C14H15N5O. The number of hydrogen-bond donors (Lipinski definition) is 1. The van der Waals surface area contributed by atoms with E-state index in [-0.39, 0.29) is 0 Å². The first-order chi connectivity index (χ1) is 9.78. The van der Waals surface area contributed by atoms with Crippen LogP contribution in [-0.4, -0.2) is 35.3 Å². The van der Waals surface area contributed by atoms with Gasteiger partial charge in [-0.25, -0.2) is 4.98 Å². The number of nitrogens with two attached hydrogens (primary N) is 1. The zero-order chi connectivity index (χ0) is 13.9. The molecule has 3 aromatic rings. The molecule has 0 saturated carbocycles. The molecule has 0 fully saturated rings. The van der Waals surface area contributed by atoms with Crippen LogP contribution in [0.3, 0.4) is 0 Å². The van der Waals surface area contributed by atoms with Crippen molar-refractivity contribution < 1.29 is 4.42 Å². The predicted octanol–water partition coefficient (Wildman–Crippen LogP) is 1.68. The second-order valence-electron chi connectivity index (χ2n) is 4.52. The number of benzene rings is 1. The van der Waals surface area contributed by atoms with Gasteiger partial charge in [0.2, 0.25) is 0 Å². The van der Waals surface area contributed by atoms with E-state index in [0.29, 0.717) is 6.54 Å². The van der Waals surface area contributed by atoms with Crippen LogP contribution in [0.1, 0.15) is 0 Å². The monoisotopic (exact) mass is 269 g/mol. The van der Waals surface area contributed by atoms with Gasteiger partial charge < -0.3 is 15.1 Å². The minimum Gasteiger partial charge on any atom is -0.443 e. The van der Waals surface area contributed by atoms with Crippen LogP contribution < -0.4 is 10.6 Å². The minimum absolute atomic E-state index is 0.585. The second-order valence-corrected chi connectivity index (χ2v) is 4.52. The molecule has 102 valence electrons. The molecule has 0 bridgehead atoms. The third kappa shape index (κ3) is 2.33. The van der Waals surface area contributed by atoms with E-state index in [2.05, 4.69) is 15.2 Å². The SMILES string of the molecule is CN(CCN)c1ccc(-c2ccc3ncoc3c2)nn1. The quantitative estimate of drug-likeness (QED) is 0.776. The lowest BCUT2D eigenvalue weighted by molar-refractivity contribution is 0.602. The van der Waals surface area contributed by atoms with Gasteiger partial charge in [0.1, 0.15) is 5.52 Å². The van der Waals surface area contributed by atoms with Crippen molar-refractivity contribution in [1.82, 2.24) is 15.2 Å². The Hall–Kier alpha value is -2.47. The van der Waals surface area contributed by atoms with Crippen molar-refractivity contribution in [1.29, 1.82) is 0 Å². The molecule has 1 aromatic carbocycles. The number of nitrogens with zero attached hydrogens (tertiary/aromatic N) is 4. The van der Waals surface area contributed by atoms with Crippen molar-refractivity contribution in [3.8, 4) is 11.3 Å². The van der Waals surface area contributed by atoms with E-state index in [1.165, 1.54) is 6.39 Å². The number of hydrogen-bond acceptors (Lipinski definition) is 6. The highest BCUT2D eigenvalue weighted by Crippen LogP contribution is 2.22. The third-order valence-corrected chi connectivity index (χ3v) is 3.13. The van der Waals surface area contributed by atoms with Gasteiger partial charge in [-0.05, 0) is 24.3 Å². The number of rotatable bonds is 4. The van der Waals surface area contributed by atoms with E-state index in [1.54, 1.807) is 0 Å². The highest BCUT2D eigenvalue weighted by Gasteiger charge is 2.06. The zero-order valence-electron chi connectivity index (χ0n) is 11.2. The Labute approximate surface area is 116 Å². The fourth-order valence-electron chi connectivity index (χ4n) is 2.01. The maximum Gasteiger partial charge on any atom is 0.181 e. The van der Waals surface area contributed by atoms with Crippen LogP contribution in [0.5, 0.6) is 0 Å². The van der Waals surface area contributed by atoms with Crippen LogP contribution >= 0.6 is 0 Å². The van der Waals surface area contributed by atoms with Crippen molar-refractivity contribution in [3.63, 3.8) is 0 Å². The summed E-state index contributed by atoms with van der Waals surface area (Å²) < 4.78 is 5.29. The lowest BCUT2D eigenvalue weighted by atomic mass is 10.1. The van der Waals surface area contributed by atoms with Gasteiger partial charge in [-0.1, -0.05) is 6.07 Å². The largest absolute Gasteiger partial charge is 0.443 e. The molecule has 2 N–H and O–H groups in total. The normalized spacial score (nSPS) is 10.9. The number of likely N-dealkylation sites (N-methyl/N-ethyl adjacent to an activating group) is 1. The summed E-state index contributed by atoms with van der Waals surface area (Å²) in [6.07, 6.45) is 1.44. The van der Waals surface area contributed by atoms with Gasteiger partial charge >= 0.3 is 0 Å².